The first-order chi connectivity index (χ1) is 7.06. The molecule has 0 radical (unpaired) electrons. The van der Waals surface area contributed by atoms with Gasteiger partial charge in [-0.2, -0.15) is 0 Å². The van der Waals surface area contributed by atoms with Crippen LogP contribution < -0.4 is 22.1 Å². The van der Waals surface area contributed by atoms with E-state index < -0.39 is 12.0 Å². The van der Waals surface area contributed by atoms with Gasteiger partial charge in [-0.3, -0.25) is 5.43 Å². The predicted molar refractivity (Wildman–Crippen MR) is 52.8 cm³/mol. The van der Waals surface area contributed by atoms with E-state index in [2.05, 4.69) is 0 Å². The molecular formula is C8H10N4O3. The van der Waals surface area contributed by atoms with Crippen molar-refractivity contribution in [3.8, 4) is 0 Å². The van der Waals surface area contributed by atoms with Crippen LogP contribution in [0.4, 0.5) is 10.5 Å². The molecule has 6 N–H and O–H groups in total. The Kier molecular flexibility index (Phi) is 3.21. The molecule has 0 saturated carbocycles. The largest absolute Gasteiger partial charge is 0.478 e. The molecule has 0 heterocycles. The number of carbonyl (C=O) groups is 2. The topological polar surface area (TPSA) is 122 Å². The van der Waals surface area contributed by atoms with Crippen molar-refractivity contribution in [3.63, 3.8) is 0 Å². The van der Waals surface area contributed by atoms with Gasteiger partial charge in [-0.05, 0) is 24.3 Å². The lowest BCUT2D eigenvalue weighted by molar-refractivity contribution is 0.0697. The molecular weight excluding hydrogens is 200 g/mol. The van der Waals surface area contributed by atoms with Crippen LogP contribution in [0, 0.1) is 0 Å². The van der Waals surface area contributed by atoms with Gasteiger partial charge < -0.3 is 5.11 Å². The number of hydrogen-bond acceptors (Lipinski definition) is 4. The molecule has 1 rings (SSSR count). The Morgan fingerprint density at radius 2 is 1.80 bits per heavy atom. The summed E-state index contributed by atoms with van der Waals surface area (Å²) in [5.74, 6) is 9.19. The van der Waals surface area contributed by atoms with Crippen molar-refractivity contribution in [3.05, 3.63) is 29.8 Å². The Balaban J connectivity index is 2.89. The Morgan fingerprint density at radius 1 is 1.27 bits per heavy atom. The van der Waals surface area contributed by atoms with Crippen molar-refractivity contribution in [2.24, 2.45) is 11.7 Å². The number of nitrogens with two attached hydrogens (primary N) is 2. The summed E-state index contributed by atoms with van der Waals surface area (Å²) in [6.07, 6.45) is 0. The molecule has 7 heteroatoms. The number of aromatic carboxylic acids is 1. The van der Waals surface area contributed by atoms with E-state index in [4.69, 9.17) is 16.8 Å². The fraction of sp³-hybridized carbons (Fsp3) is 0. The molecule has 0 aliphatic rings. The lowest BCUT2D eigenvalue weighted by Gasteiger charge is -2.15. The Morgan fingerprint density at radius 3 is 2.20 bits per heavy atom. The number of amides is 2. The van der Waals surface area contributed by atoms with E-state index in [1.54, 1.807) is 0 Å². The summed E-state index contributed by atoms with van der Waals surface area (Å²) in [6, 6.07) is 4.78. The van der Waals surface area contributed by atoms with Gasteiger partial charge in [0.2, 0.25) is 0 Å². The smallest absolute Gasteiger partial charge is 0.350 e. The van der Waals surface area contributed by atoms with Crippen molar-refractivity contribution in [2.75, 3.05) is 5.01 Å². The van der Waals surface area contributed by atoms with Gasteiger partial charge in [0.05, 0.1) is 11.3 Å². The van der Waals surface area contributed by atoms with Crippen molar-refractivity contribution in [1.82, 2.24) is 5.43 Å². The average Bonchev–Trinajstić information content (AvgIpc) is 2.27. The van der Waals surface area contributed by atoms with Gasteiger partial charge in [-0.25, -0.2) is 26.3 Å². The Labute approximate surface area is 85.2 Å². The highest BCUT2D eigenvalue weighted by Gasteiger charge is 2.10. The fourth-order valence-electron chi connectivity index (χ4n) is 0.951. The molecule has 0 aliphatic heterocycles. The number of hydrogen-bond donors (Lipinski definition) is 4. The Hall–Kier alpha value is -2.12. The first kappa shape index (κ1) is 11.0. The van der Waals surface area contributed by atoms with E-state index in [1.807, 2.05) is 5.43 Å². The second-order valence-electron chi connectivity index (χ2n) is 2.67. The molecule has 0 aliphatic carbocycles. The summed E-state index contributed by atoms with van der Waals surface area (Å²) in [7, 11) is 0. The number of hydrazine groups is 2. The van der Waals surface area contributed by atoms with Crippen LogP contribution in [0.3, 0.4) is 0 Å². The van der Waals surface area contributed by atoms with Crippen LogP contribution in [-0.2, 0) is 0 Å². The minimum absolute atomic E-state index is 0.111. The maximum Gasteiger partial charge on any atom is 0.350 e. The van der Waals surface area contributed by atoms with Crippen LogP contribution in [0.25, 0.3) is 0 Å². The zero-order chi connectivity index (χ0) is 11.4. The molecule has 0 unspecified atom stereocenters. The van der Waals surface area contributed by atoms with E-state index in [0.717, 1.165) is 5.01 Å². The number of carboxylic acid groups (broad SMARTS) is 1. The van der Waals surface area contributed by atoms with Crippen LogP contribution in [0.5, 0.6) is 0 Å². The third-order valence-corrected chi connectivity index (χ3v) is 1.73. The maximum atomic E-state index is 11.0. The number of carbonyl (C=O) groups excluding carboxylic acids is 1. The highest BCUT2D eigenvalue weighted by atomic mass is 16.4. The number of carboxylic acids is 1. The normalized spacial score (nSPS) is 9.47. The molecule has 1 aromatic rings. The summed E-state index contributed by atoms with van der Waals surface area (Å²) in [5.41, 5.74) is 2.29. The lowest BCUT2D eigenvalue weighted by Crippen LogP contribution is -2.47. The van der Waals surface area contributed by atoms with Gasteiger partial charge >= 0.3 is 12.0 Å². The lowest BCUT2D eigenvalue weighted by atomic mass is 10.2. The third kappa shape index (κ3) is 2.42. The minimum atomic E-state index is -1.05. The minimum Gasteiger partial charge on any atom is -0.478 e. The Bertz CT molecular complexity index is 376. The summed E-state index contributed by atoms with van der Waals surface area (Å²) < 4.78 is 0. The number of nitrogens with one attached hydrogen (secondary N) is 1. The standard InChI is InChI=1S/C8H10N4O3/c9-11-8(15)12(10)6-3-1-5(2-4-6)7(13)14/h1-4H,9-10H2,(H,11,15)(H,13,14). The van der Waals surface area contributed by atoms with Gasteiger partial charge in [-0.1, -0.05) is 0 Å². The number of rotatable bonds is 2. The van der Waals surface area contributed by atoms with Gasteiger partial charge in [-0.15, -0.1) is 0 Å². The van der Waals surface area contributed by atoms with Crippen molar-refractivity contribution in [2.45, 2.75) is 0 Å². The van der Waals surface area contributed by atoms with Crippen LogP contribution in [-0.4, -0.2) is 17.1 Å². The molecule has 0 bridgehead atoms. The summed E-state index contributed by atoms with van der Waals surface area (Å²) in [5, 5.41) is 9.40. The zero-order valence-corrected chi connectivity index (χ0v) is 7.68. The fourth-order valence-corrected chi connectivity index (χ4v) is 0.951. The van der Waals surface area contributed by atoms with E-state index in [-0.39, 0.29) is 5.56 Å². The third-order valence-electron chi connectivity index (χ3n) is 1.73. The van der Waals surface area contributed by atoms with Crippen molar-refractivity contribution < 1.29 is 14.7 Å². The molecule has 0 spiro atoms. The van der Waals surface area contributed by atoms with E-state index in [0.29, 0.717) is 5.69 Å². The molecule has 7 nitrogen and oxygen atoms in total. The highest BCUT2D eigenvalue weighted by Crippen LogP contribution is 2.12. The number of anilines is 1. The van der Waals surface area contributed by atoms with Crippen LogP contribution >= 0.6 is 0 Å². The average molecular weight is 210 g/mol. The number of nitrogens with zero attached hydrogens (tertiary/aromatic N) is 1. The summed E-state index contributed by atoms with van der Waals surface area (Å²) >= 11 is 0. The quantitative estimate of drug-likeness (QED) is 0.302. The molecule has 0 atom stereocenters. The van der Waals surface area contributed by atoms with Crippen LogP contribution in [0.1, 0.15) is 10.4 Å². The zero-order valence-electron chi connectivity index (χ0n) is 7.68. The van der Waals surface area contributed by atoms with E-state index in [1.165, 1.54) is 24.3 Å². The first-order valence-corrected chi connectivity index (χ1v) is 3.95. The second kappa shape index (κ2) is 4.40. The SMILES string of the molecule is NNC(=O)N(N)c1ccc(C(=O)O)cc1. The molecule has 0 aromatic heterocycles. The molecule has 1 aromatic carbocycles. The van der Waals surface area contributed by atoms with E-state index in [9.17, 15) is 9.59 Å². The number of benzene rings is 1. The summed E-state index contributed by atoms with van der Waals surface area (Å²) in [4.78, 5) is 21.5. The number of urea groups is 1. The van der Waals surface area contributed by atoms with E-state index >= 15 is 0 Å². The maximum absolute atomic E-state index is 11.0. The predicted octanol–water partition coefficient (Wildman–Crippen LogP) is -0.352. The highest BCUT2D eigenvalue weighted by molar-refractivity contribution is 5.92. The second-order valence-corrected chi connectivity index (χ2v) is 2.67. The molecule has 15 heavy (non-hydrogen) atoms. The van der Waals surface area contributed by atoms with Crippen molar-refractivity contribution in [1.29, 1.82) is 0 Å². The van der Waals surface area contributed by atoms with Gasteiger partial charge in [0.15, 0.2) is 0 Å². The van der Waals surface area contributed by atoms with Crippen LogP contribution in [0.2, 0.25) is 0 Å². The monoisotopic (exact) mass is 210 g/mol. The summed E-state index contributed by atoms with van der Waals surface area (Å²) in [6.45, 7) is 0. The van der Waals surface area contributed by atoms with Crippen LogP contribution in [0.15, 0.2) is 24.3 Å². The van der Waals surface area contributed by atoms with Gasteiger partial charge in [0, 0.05) is 0 Å². The molecule has 80 valence electrons. The van der Waals surface area contributed by atoms with Crippen molar-refractivity contribution >= 4 is 17.7 Å². The van der Waals surface area contributed by atoms with Gasteiger partial charge in [0.25, 0.3) is 0 Å². The molecule has 0 fully saturated rings. The first-order valence-electron chi connectivity index (χ1n) is 3.95. The molecule has 2 amide bonds. The molecule has 0 saturated heterocycles. The van der Waals surface area contributed by atoms with Gasteiger partial charge in [0.1, 0.15) is 0 Å².